The van der Waals surface area contributed by atoms with Crippen molar-refractivity contribution >= 4 is 39.6 Å². The molecule has 2 aliphatic rings. The van der Waals surface area contributed by atoms with Crippen LogP contribution in [-0.4, -0.2) is 3.21 Å². The van der Waals surface area contributed by atoms with Gasteiger partial charge in [0.15, 0.2) is 0 Å². The van der Waals surface area contributed by atoms with Crippen molar-refractivity contribution in [2.24, 2.45) is 0 Å². The van der Waals surface area contributed by atoms with Gasteiger partial charge in [0.05, 0.1) is 0 Å². The summed E-state index contributed by atoms with van der Waals surface area (Å²) in [5.74, 6) is 0. The smallest absolute Gasteiger partial charge is 1.00 e. The minimum Gasteiger partial charge on any atom is -1.00 e. The van der Waals surface area contributed by atoms with Crippen LogP contribution in [0.1, 0.15) is 27.8 Å². The minimum atomic E-state index is -2.75. The molecule has 0 N–H and O–H groups in total. The van der Waals surface area contributed by atoms with Gasteiger partial charge in [-0.1, -0.05) is 0 Å². The first-order valence-electron chi connectivity index (χ1n) is 14.6. The number of allylic oxidation sites excluding steroid dienone is 4. The molecule has 0 unspecified atom stereocenters. The molecule has 0 fully saturated rings. The molecule has 0 bridgehead atoms. The molecule has 6 aromatic carbocycles. The topological polar surface area (TPSA) is 0 Å². The molecule has 0 aliphatic heterocycles. The minimum absolute atomic E-state index is 0. The van der Waals surface area contributed by atoms with Crippen LogP contribution in [0.5, 0.6) is 0 Å². The third-order valence-electron chi connectivity index (χ3n) is 8.92. The SMILES string of the molecule is Cc1ccc([C](c2ccc(Cl)cc2)=[Zr+2]([c]2cccc3c2c2c(c4ccccc43)-c3ccccc3C2)[CH]2C=CC=C2)cc1.[Cl-].[Cl-]. The van der Waals surface area contributed by atoms with E-state index in [0.717, 1.165) is 11.4 Å². The standard InChI is InChI=1S/C21H13.C14H11Cl.C5H5.2ClH.Zr/c1-2-8-15-14(7-1)13-20-18-11-4-3-9-16(18)17-10-5-6-12-19(17)21(15)20;1-11-2-4-12(5-3-11)10-13-6-8-14(15)9-7-13;1-2-4-5-3-1;;;/h1-10,12H,13H2;2-9H,1H3;1-5H;2*1H;/q;;;;;+2/p-2. The predicted octanol–water partition coefficient (Wildman–Crippen LogP) is 3.96. The Kier molecular flexibility index (Phi) is 8.96. The Balaban J connectivity index is 0.00000171. The maximum absolute atomic E-state index is 6.43. The number of halogens is 3. The molecule has 2 aliphatic carbocycles. The summed E-state index contributed by atoms with van der Waals surface area (Å²) in [5.41, 5.74) is 9.69. The van der Waals surface area contributed by atoms with Crippen LogP contribution in [0.3, 0.4) is 0 Å². The van der Waals surface area contributed by atoms with E-state index in [1.165, 1.54) is 63.7 Å². The number of hydrogen-bond acceptors (Lipinski definition) is 0. The quantitative estimate of drug-likeness (QED) is 0.244. The van der Waals surface area contributed by atoms with E-state index in [1.807, 2.05) is 0 Å². The first-order chi connectivity index (χ1) is 20.7. The van der Waals surface area contributed by atoms with E-state index in [1.54, 1.807) is 3.27 Å². The van der Waals surface area contributed by atoms with Crippen LogP contribution >= 0.6 is 11.6 Å². The van der Waals surface area contributed by atoms with Gasteiger partial charge >= 0.3 is 261 Å². The average molecular weight is 707 g/mol. The van der Waals surface area contributed by atoms with E-state index >= 15 is 0 Å². The van der Waals surface area contributed by atoms with Crippen molar-refractivity contribution in [3.8, 4) is 11.1 Å². The molecule has 0 heterocycles. The van der Waals surface area contributed by atoms with E-state index in [2.05, 4.69) is 146 Å². The zero-order valence-electron chi connectivity index (χ0n) is 24.2. The molecule has 0 spiro atoms. The van der Waals surface area contributed by atoms with Gasteiger partial charge in [0.2, 0.25) is 0 Å². The summed E-state index contributed by atoms with van der Waals surface area (Å²) >= 11 is 3.69. The second kappa shape index (κ2) is 12.7. The molecule has 4 heteroatoms. The van der Waals surface area contributed by atoms with Gasteiger partial charge in [-0.25, -0.2) is 0 Å². The summed E-state index contributed by atoms with van der Waals surface area (Å²) in [6.07, 6.45) is 10.4. The van der Waals surface area contributed by atoms with E-state index < -0.39 is 21.3 Å². The molecule has 0 amide bonds. The van der Waals surface area contributed by atoms with Gasteiger partial charge in [0, 0.05) is 0 Å². The monoisotopic (exact) mass is 704 g/mol. The Hall–Kier alpha value is -3.06. The Morgan fingerprint density at radius 2 is 1.27 bits per heavy atom. The number of benzene rings is 6. The number of rotatable bonds is 4. The van der Waals surface area contributed by atoms with E-state index in [4.69, 9.17) is 11.6 Å². The maximum atomic E-state index is 6.43. The molecule has 0 aromatic heterocycles. The number of fused-ring (bicyclic) bond motifs is 8. The molecule has 0 atom stereocenters. The van der Waals surface area contributed by atoms with Crippen LogP contribution in [0.2, 0.25) is 8.65 Å². The van der Waals surface area contributed by atoms with Crippen molar-refractivity contribution in [1.82, 2.24) is 0 Å². The van der Waals surface area contributed by atoms with Crippen molar-refractivity contribution in [3.63, 3.8) is 0 Å². The van der Waals surface area contributed by atoms with Crippen LogP contribution in [0, 0.1) is 6.92 Å². The second-order valence-corrected chi connectivity index (χ2v) is 18.1. The zero-order chi connectivity index (χ0) is 28.2. The van der Waals surface area contributed by atoms with Gasteiger partial charge in [0.1, 0.15) is 0 Å². The predicted molar refractivity (Wildman–Crippen MR) is 177 cm³/mol. The zero-order valence-corrected chi connectivity index (χ0v) is 28.9. The fourth-order valence-corrected chi connectivity index (χ4v) is 15.4. The summed E-state index contributed by atoms with van der Waals surface area (Å²) in [4.78, 5) is 0. The van der Waals surface area contributed by atoms with Crippen LogP contribution in [-0.2, 0) is 27.7 Å². The number of aryl methyl sites for hydroxylation is 1. The van der Waals surface area contributed by atoms with E-state index in [9.17, 15) is 0 Å². The summed E-state index contributed by atoms with van der Waals surface area (Å²) in [7, 11) is 0. The molecule has 8 rings (SSSR count). The Morgan fingerprint density at radius 3 is 2.00 bits per heavy atom. The van der Waals surface area contributed by atoms with Gasteiger partial charge in [-0.3, -0.25) is 0 Å². The van der Waals surface area contributed by atoms with Crippen LogP contribution in [0.25, 0.3) is 32.7 Å². The fourth-order valence-electron chi connectivity index (χ4n) is 7.06. The molecule has 6 aromatic rings. The van der Waals surface area contributed by atoms with Gasteiger partial charge in [-0.2, -0.15) is 0 Å². The van der Waals surface area contributed by atoms with Crippen LogP contribution < -0.4 is 28.1 Å². The molecular formula is C40H29Cl3Zr. The first kappa shape index (κ1) is 30.9. The summed E-state index contributed by atoms with van der Waals surface area (Å²) < 4.78 is 3.53. The van der Waals surface area contributed by atoms with Crippen molar-refractivity contribution in [2.45, 2.75) is 17.0 Å². The Labute approximate surface area is 284 Å². The normalized spacial score (nSPS) is 13.4. The van der Waals surface area contributed by atoms with Gasteiger partial charge in [-0.15, -0.1) is 0 Å². The number of hydrogen-bond donors (Lipinski definition) is 0. The Bertz CT molecular complexity index is 2060. The van der Waals surface area contributed by atoms with Crippen molar-refractivity contribution in [2.75, 3.05) is 0 Å². The maximum Gasteiger partial charge on any atom is -1.00 e. The van der Waals surface area contributed by atoms with Gasteiger partial charge < -0.3 is 24.8 Å². The fraction of sp³-hybridized carbons (Fsp3) is 0.0750. The average Bonchev–Trinajstić information content (AvgIpc) is 3.70. The molecule has 44 heavy (non-hydrogen) atoms. The summed E-state index contributed by atoms with van der Waals surface area (Å²) in [5, 5.41) is 6.38. The molecule has 214 valence electrons. The molecule has 0 saturated carbocycles. The second-order valence-electron chi connectivity index (χ2n) is 11.4. The first-order valence-corrected chi connectivity index (χ1v) is 18.9. The third kappa shape index (κ3) is 5.19. The van der Waals surface area contributed by atoms with Gasteiger partial charge in [-0.05, 0) is 0 Å². The van der Waals surface area contributed by atoms with Crippen LogP contribution in [0.15, 0.2) is 140 Å². The third-order valence-corrected chi connectivity index (χ3v) is 17.0. The van der Waals surface area contributed by atoms with Crippen molar-refractivity contribution < 1.29 is 46.1 Å². The van der Waals surface area contributed by atoms with Crippen LogP contribution in [0.4, 0.5) is 0 Å². The molecule has 0 nitrogen and oxygen atoms in total. The van der Waals surface area contributed by atoms with Gasteiger partial charge in [0.25, 0.3) is 0 Å². The van der Waals surface area contributed by atoms with Crippen molar-refractivity contribution in [3.05, 3.63) is 172 Å². The molecule has 0 radical (unpaired) electrons. The summed E-state index contributed by atoms with van der Waals surface area (Å²) in [6.45, 7) is 2.17. The molecule has 0 saturated heterocycles. The largest absolute Gasteiger partial charge is 1.00 e. The Morgan fingerprint density at radius 1 is 0.659 bits per heavy atom. The van der Waals surface area contributed by atoms with E-state index in [-0.39, 0.29) is 24.8 Å². The summed E-state index contributed by atoms with van der Waals surface area (Å²) in [6, 6.07) is 43.0. The van der Waals surface area contributed by atoms with Crippen molar-refractivity contribution in [1.29, 1.82) is 0 Å². The molecular weight excluding hydrogens is 678 g/mol. The van der Waals surface area contributed by atoms with E-state index in [0.29, 0.717) is 3.63 Å².